The second-order valence-corrected chi connectivity index (χ2v) is 7.53. The Morgan fingerprint density at radius 2 is 1.79 bits per heavy atom. The zero-order chi connectivity index (χ0) is 19.3. The number of benzene rings is 1. The van der Waals surface area contributed by atoms with Gasteiger partial charge in [-0.05, 0) is 37.6 Å². The fraction of sp³-hybridized carbons (Fsp3) is 0.300. The quantitative estimate of drug-likeness (QED) is 0.732. The normalized spacial score (nSPS) is 14.6. The second kappa shape index (κ2) is 8.35. The van der Waals surface area contributed by atoms with E-state index in [-0.39, 0.29) is 5.91 Å². The molecule has 3 heterocycles. The van der Waals surface area contributed by atoms with Gasteiger partial charge in [0.05, 0.1) is 5.69 Å². The predicted molar refractivity (Wildman–Crippen MR) is 112 cm³/mol. The highest BCUT2D eigenvalue weighted by atomic mass is 32.1. The van der Waals surface area contributed by atoms with Crippen molar-refractivity contribution in [3.8, 4) is 0 Å². The molecule has 0 atom stereocenters. The Balaban J connectivity index is 1.39. The molecule has 1 amide bonds. The topological polar surface area (TPSA) is 74.2 Å². The molecule has 4 rings (SSSR count). The number of hydrogen-bond donors (Lipinski definition) is 1. The number of aryl methyl sites for hydroxylation is 1. The van der Waals surface area contributed by atoms with Crippen molar-refractivity contribution in [2.24, 2.45) is 0 Å². The SMILES string of the molecule is Cc1csc(N2CCCN(c3ccc(C(=O)Nc4ccccc4)nn3)CC2)n1. The van der Waals surface area contributed by atoms with Gasteiger partial charge in [-0.15, -0.1) is 21.5 Å². The molecule has 3 aromatic rings. The van der Waals surface area contributed by atoms with E-state index in [0.29, 0.717) is 5.69 Å². The van der Waals surface area contributed by atoms with E-state index in [1.807, 2.05) is 43.3 Å². The van der Waals surface area contributed by atoms with Crippen LogP contribution >= 0.6 is 11.3 Å². The van der Waals surface area contributed by atoms with Crippen molar-refractivity contribution in [2.75, 3.05) is 41.3 Å². The summed E-state index contributed by atoms with van der Waals surface area (Å²) in [6.45, 7) is 5.66. The molecule has 1 saturated heterocycles. The number of anilines is 3. The van der Waals surface area contributed by atoms with E-state index >= 15 is 0 Å². The molecule has 0 radical (unpaired) electrons. The highest BCUT2D eigenvalue weighted by molar-refractivity contribution is 7.13. The lowest BCUT2D eigenvalue weighted by atomic mass is 10.3. The minimum absolute atomic E-state index is 0.258. The summed E-state index contributed by atoms with van der Waals surface area (Å²) in [5.74, 6) is 0.542. The first-order valence-electron chi connectivity index (χ1n) is 9.31. The van der Waals surface area contributed by atoms with Crippen molar-refractivity contribution in [2.45, 2.75) is 13.3 Å². The summed E-state index contributed by atoms with van der Waals surface area (Å²) >= 11 is 1.69. The first kappa shape index (κ1) is 18.4. The molecule has 1 fully saturated rings. The van der Waals surface area contributed by atoms with Crippen molar-refractivity contribution in [1.82, 2.24) is 15.2 Å². The van der Waals surface area contributed by atoms with E-state index in [1.165, 1.54) is 0 Å². The number of nitrogens with one attached hydrogen (secondary N) is 1. The van der Waals surface area contributed by atoms with E-state index in [0.717, 1.165) is 54.9 Å². The Hall–Kier alpha value is -3.00. The maximum Gasteiger partial charge on any atom is 0.276 e. The number of carbonyl (C=O) groups excluding carboxylic acids is 1. The number of aromatic nitrogens is 3. The zero-order valence-electron chi connectivity index (χ0n) is 15.7. The average molecular weight is 395 g/mol. The summed E-state index contributed by atoms with van der Waals surface area (Å²) < 4.78 is 0. The molecule has 28 heavy (non-hydrogen) atoms. The summed E-state index contributed by atoms with van der Waals surface area (Å²) in [6, 6.07) is 12.9. The third-order valence-electron chi connectivity index (χ3n) is 4.61. The highest BCUT2D eigenvalue weighted by Crippen LogP contribution is 2.22. The Morgan fingerprint density at radius 1 is 1.00 bits per heavy atom. The van der Waals surface area contributed by atoms with E-state index in [2.05, 4.69) is 35.7 Å². The minimum Gasteiger partial charge on any atom is -0.353 e. The fourth-order valence-electron chi connectivity index (χ4n) is 3.16. The highest BCUT2D eigenvalue weighted by Gasteiger charge is 2.19. The van der Waals surface area contributed by atoms with Gasteiger partial charge in [0.2, 0.25) is 0 Å². The van der Waals surface area contributed by atoms with E-state index in [4.69, 9.17) is 0 Å². The monoisotopic (exact) mass is 394 g/mol. The summed E-state index contributed by atoms with van der Waals surface area (Å²) in [6.07, 6.45) is 1.02. The molecule has 8 heteroatoms. The van der Waals surface area contributed by atoms with E-state index < -0.39 is 0 Å². The number of rotatable bonds is 4. The predicted octanol–water partition coefficient (Wildman–Crippen LogP) is 3.21. The molecule has 0 spiro atoms. The largest absolute Gasteiger partial charge is 0.353 e. The summed E-state index contributed by atoms with van der Waals surface area (Å²) in [4.78, 5) is 21.5. The zero-order valence-corrected chi connectivity index (χ0v) is 16.5. The Kier molecular flexibility index (Phi) is 5.48. The first-order chi connectivity index (χ1) is 13.7. The molecule has 1 N–H and O–H groups in total. The second-order valence-electron chi connectivity index (χ2n) is 6.70. The van der Waals surface area contributed by atoms with Gasteiger partial charge in [-0.25, -0.2) is 4.98 Å². The Labute approximate surface area is 168 Å². The summed E-state index contributed by atoms with van der Waals surface area (Å²) in [5, 5.41) is 14.4. The first-order valence-corrected chi connectivity index (χ1v) is 10.2. The molecule has 0 aliphatic carbocycles. The molecule has 1 aromatic carbocycles. The number of para-hydroxylation sites is 1. The number of carbonyl (C=O) groups is 1. The molecular formula is C20H22N6OS. The molecular weight excluding hydrogens is 372 g/mol. The number of thiazole rings is 1. The average Bonchev–Trinajstić information content (AvgIpc) is 3.01. The molecule has 144 valence electrons. The molecule has 0 bridgehead atoms. The Bertz CT molecular complexity index is 927. The molecule has 0 unspecified atom stereocenters. The van der Waals surface area contributed by atoms with Crippen LogP contribution in [0.5, 0.6) is 0 Å². The molecule has 2 aromatic heterocycles. The Morgan fingerprint density at radius 3 is 2.50 bits per heavy atom. The lowest BCUT2D eigenvalue weighted by molar-refractivity contribution is 0.102. The smallest absolute Gasteiger partial charge is 0.276 e. The lowest BCUT2D eigenvalue weighted by Crippen LogP contribution is -2.31. The van der Waals surface area contributed by atoms with Crippen LogP contribution < -0.4 is 15.1 Å². The van der Waals surface area contributed by atoms with Crippen molar-refractivity contribution in [3.63, 3.8) is 0 Å². The van der Waals surface area contributed by atoms with Crippen LogP contribution in [0.3, 0.4) is 0 Å². The van der Waals surface area contributed by atoms with Crippen LogP contribution in [0.2, 0.25) is 0 Å². The van der Waals surface area contributed by atoms with Crippen molar-refractivity contribution in [1.29, 1.82) is 0 Å². The standard InChI is InChI=1S/C20H22N6OS/c1-15-14-28-20(21-15)26-11-5-10-25(12-13-26)18-9-8-17(23-24-18)19(27)22-16-6-3-2-4-7-16/h2-4,6-9,14H,5,10-13H2,1H3,(H,22,27). The molecule has 1 aliphatic heterocycles. The third kappa shape index (κ3) is 4.28. The summed E-state index contributed by atoms with van der Waals surface area (Å²) in [7, 11) is 0. The molecule has 1 aliphatic rings. The van der Waals surface area contributed by atoms with Crippen LogP contribution in [0.25, 0.3) is 0 Å². The van der Waals surface area contributed by atoms with Gasteiger partial charge in [-0.1, -0.05) is 18.2 Å². The van der Waals surface area contributed by atoms with E-state index in [9.17, 15) is 4.79 Å². The number of nitrogens with zero attached hydrogens (tertiary/aromatic N) is 5. The maximum atomic E-state index is 12.3. The van der Waals surface area contributed by atoms with Gasteiger partial charge in [-0.3, -0.25) is 4.79 Å². The number of amides is 1. The van der Waals surface area contributed by atoms with Gasteiger partial charge in [0.25, 0.3) is 5.91 Å². The van der Waals surface area contributed by atoms with Crippen LogP contribution in [0, 0.1) is 6.92 Å². The maximum absolute atomic E-state index is 12.3. The minimum atomic E-state index is -0.258. The van der Waals surface area contributed by atoms with Crippen LogP contribution in [-0.4, -0.2) is 47.3 Å². The van der Waals surface area contributed by atoms with E-state index in [1.54, 1.807) is 17.4 Å². The van der Waals surface area contributed by atoms with Crippen LogP contribution in [0.1, 0.15) is 22.6 Å². The van der Waals surface area contributed by atoms with Crippen LogP contribution in [-0.2, 0) is 0 Å². The van der Waals surface area contributed by atoms with Gasteiger partial charge >= 0.3 is 0 Å². The lowest BCUT2D eigenvalue weighted by Gasteiger charge is -2.22. The van der Waals surface area contributed by atoms with Gasteiger partial charge in [0.1, 0.15) is 0 Å². The van der Waals surface area contributed by atoms with Gasteiger partial charge in [-0.2, -0.15) is 0 Å². The van der Waals surface area contributed by atoms with Crippen LogP contribution in [0.15, 0.2) is 47.8 Å². The number of hydrogen-bond acceptors (Lipinski definition) is 7. The van der Waals surface area contributed by atoms with Crippen LogP contribution in [0.4, 0.5) is 16.6 Å². The summed E-state index contributed by atoms with van der Waals surface area (Å²) in [5.41, 5.74) is 2.11. The third-order valence-corrected chi connectivity index (χ3v) is 5.63. The van der Waals surface area contributed by atoms with Gasteiger partial charge in [0, 0.05) is 37.2 Å². The van der Waals surface area contributed by atoms with Crippen molar-refractivity contribution < 1.29 is 4.79 Å². The van der Waals surface area contributed by atoms with Crippen molar-refractivity contribution in [3.05, 3.63) is 59.2 Å². The molecule has 0 saturated carbocycles. The van der Waals surface area contributed by atoms with Gasteiger partial charge in [0.15, 0.2) is 16.6 Å². The molecule has 7 nitrogen and oxygen atoms in total. The van der Waals surface area contributed by atoms with Gasteiger partial charge < -0.3 is 15.1 Å². The van der Waals surface area contributed by atoms with Crippen molar-refractivity contribution >= 4 is 33.9 Å². The fourth-order valence-corrected chi connectivity index (χ4v) is 4.01.